The highest BCUT2D eigenvalue weighted by atomic mass is 35.5. The molecule has 0 aromatic heterocycles. The Morgan fingerprint density at radius 1 is 1.09 bits per heavy atom. The number of likely N-dealkylation sites (tertiary alicyclic amines) is 1. The topological polar surface area (TPSA) is 154 Å². The number of nitrogens with zero attached hydrogens (tertiary/aromatic N) is 2. The fourth-order valence-corrected chi connectivity index (χ4v) is 7.24. The molecule has 2 aliphatic rings. The smallest absolute Gasteiger partial charge is 0.243 e. The highest BCUT2D eigenvalue weighted by molar-refractivity contribution is 7.88. The maximum atomic E-state index is 13.9. The average Bonchev–Trinajstić information content (AvgIpc) is 3.49. The Morgan fingerprint density at radius 2 is 1.81 bits per heavy atom. The number of amides is 3. The van der Waals surface area contributed by atoms with Crippen molar-refractivity contribution in [2.24, 2.45) is 5.73 Å². The van der Waals surface area contributed by atoms with Gasteiger partial charge in [-0.25, -0.2) is 13.1 Å². The largest absolute Gasteiger partial charge is 0.350 e. The van der Waals surface area contributed by atoms with Gasteiger partial charge in [-0.15, -0.1) is 0 Å². The van der Waals surface area contributed by atoms with Crippen LogP contribution in [0.5, 0.6) is 0 Å². The molecule has 2 aromatic rings. The third-order valence-corrected chi connectivity index (χ3v) is 9.72. The summed E-state index contributed by atoms with van der Waals surface area (Å²) in [5.41, 5.74) is 8.00. The van der Waals surface area contributed by atoms with Crippen LogP contribution in [0.3, 0.4) is 0 Å². The predicted molar refractivity (Wildman–Crippen MR) is 165 cm³/mol. The van der Waals surface area contributed by atoms with Crippen molar-refractivity contribution in [3.63, 3.8) is 0 Å². The number of benzene rings is 2. The van der Waals surface area contributed by atoms with Crippen LogP contribution >= 0.6 is 11.6 Å². The lowest BCUT2D eigenvalue weighted by Crippen LogP contribution is -2.55. The summed E-state index contributed by atoms with van der Waals surface area (Å²) in [7, 11) is -2.31. The van der Waals surface area contributed by atoms with Gasteiger partial charge >= 0.3 is 0 Å². The van der Waals surface area contributed by atoms with Gasteiger partial charge in [-0.1, -0.05) is 48.0 Å². The molecule has 0 saturated carbocycles. The van der Waals surface area contributed by atoms with Gasteiger partial charge < -0.3 is 26.2 Å². The SMILES string of the molecule is CN(C(=O)C[C@@H](NS(=O)(=O)Cc1ccccc1)C(=O)N1CCC[C@H]1C(=O)NCc1cc(Cl)ccc1CN)C1CCNCC1. The second-order valence-electron chi connectivity index (χ2n) is 11.1. The third kappa shape index (κ3) is 8.99. The Morgan fingerprint density at radius 3 is 2.51 bits per heavy atom. The fourth-order valence-electron chi connectivity index (χ4n) is 5.71. The highest BCUT2D eigenvalue weighted by Gasteiger charge is 2.40. The lowest BCUT2D eigenvalue weighted by atomic mass is 10.0. The minimum atomic E-state index is -4.00. The number of carbonyl (C=O) groups excluding carboxylic acids is 3. The average molecular weight is 633 g/mol. The van der Waals surface area contributed by atoms with Gasteiger partial charge in [-0.3, -0.25) is 14.4 Å². The van der Waals surface area contributed by atoms with E-state index < -0.39 is 28.0 Å². The van der Waals surface area contributed by atoms with Crippen molar-refractivity contribution in [3.05, 3.63) is 70.2 Å². The van der Waals surface area contributed by atoms with Crippen LogP contribution in [-0.4, -0.2) is 80.7 Å². The fraction of sp³-hybridized carbons (Fsp3) is 0.500. The molecule has 43 heavy (non-hydrogen) atoms. The number of rotatable bonds is 12. The van der Waals surface area contributed by atoms with Crippen molar-refractivity contribution < 1.29 is 22.8 Å². The van der Waals surface area contributed by atoms with Crippen LogP contribution < -0.4 is 21.1 Å². The van der Waals surface area contributed by atoms with Gasteiger partial charge in [0.25, 0.3) is 0 Å². The molecule has 11 nitrogen and oxygen atoms in total. The first-order valence-electron chi connectivity index (χ1n) is 14.6. The van der Waals surface area contributed by atoms with E-state index in [1.165, 1.54) is 4.90 Å². The second-order valence-corrected chi connectivity index (χ2v) is 13.3. The molecule has 2 saturated heterocycles. The van der Waals surface area contributed by atoms with E-state index in [1.54, 1.807) is 60.5 Å². The van der Waals surface area contributed by atoms with Crippen molar-refractivity contribution >= 4 is 39.3 Å². The molecule has 0 aliphatic carbocycles. The monoisotopic (exact) mass is 632 g/mol. The number of sulfonamides is 1. The zero-order valence-corrected chi connectivity index (χ0v) is 26.0. The maximum Gasteiger partial charge on any atom is 0.243 e. The number of nitrogens with two attached hydrogens (primary N) is 1. The van der Waals surface area contributed by atoms with E-state index in [0.29, 0.717) is 23.4 Å². The molecule has 3 amide bonds. The first kappa shape index (κ1) is 32.9. The molecule has 0 bridgehead atoms. The predicted octanol–water partition coefficient (Wildman–Crippen LogP) is 1.49. The highest BCUT2D eigenvalue weighted by Crippen LogP contribution is 2.22. The molecule has 2 heterocycles. The third-order valence-electron chi connectivity index (χ3n) is 8.13. The molecular weight excluding hydrogens is 592 g/mol. The maximum absolute atomic E-state index is 13.9. The van der Waals surface area contributed by atoms with E-state index >= 15 is 0 Å². The summed E-state index contributed by atoms with van der Waals surface area (Å²) in [5, 5.41) is 6.66. The molecule has 5 N–H and O–H groups in total. The number of hydrogen-bond donors (Lipinski definition) is 4. The first-order chi connectivity index (χ1) is 20.6. The Kier molecular flexibility index (Phi) is 11.6. The summed E-state index contributed by atoms with van der Waals surface area (Å²) in [6.07, 6.45) is 2.19. The lowest BCUT2D eigenvalue weighted by Gasteiger charge is -2.33. The molecule has 4 rings (SSSR count). The van der Waals surface area contributed by atoms with Crippen molar-refractivity contribution in [2.75, 3.05) is 26.7 Å². The van der Waals surface area contributed by atoms with Gasteiger partial charge in [-0.05, 0) is 67.6 Å². The van der Waals surface area contributed by atoms with E-state index in [-0.39, 0.29) is 49.7 Å². The molecule has 13 heteroatoms. The van der Waals surface area contributed by atoms with Crippen LogP contribution in [0, 0.1) is 0 Å². The van der Waals surface area contributed by atoms with Crippen molar-refractivity contribution in [1.29, 1.82) is 0 Å². The minimum Gasteiger partial charge on any atom is -0.350 e. The van der Waals surface area contributed by atoms with Crippen LogP contribution in [0.25, 0.3) is 0 Å². The van der Waals surface area contributed by atoms with Crippen LogP contribution in [-0.2, 0) is 43.2 Å². The normalized spacial score (nSPS) is 18.3. The lowest BCUT2D eigenvalue weighted by molar-refractivity contribution is -0.142. The van der Waals surface area contributed by atoms with Crippen LogP contribution in [0.15, 0.2) is 48.5 Å². The van der Waals surface area contributed by atoms with Gasteiger partial charge in [0.15, 0.2) is 0 Å². The Labute approximate surface area is 258 Å². The summed E-state index contributed by atoms with van der Waals surface area (Å²) in [5.74, 6) is -1.63. The quantitative estimate of drug-likeness (QED) is 0.276. The summed E-state index contributed by atoms with van der Waals surface area (Å²) in [6.45, 7) is 2.29. The molecule has 0 radical (unpaired) electrons. The van der Waals surface area contributed by atoms with Crippen molar-refractivity contribution in [2.45, 2.75) is 69.1 Å². The van der Waals surface area contributed by atoms with Crippen LogP contribution in [0.1, 0.15) is 48.8 Å². The number of carbonyl (C=O) groups is 3. The van der Waals surface area contributed by atoms with Gasteiger partial charge in [0.1, 0.15) is 12.1 Å². The molecule has 2 aromatic carbocycles. The van der Waals surface area contributed by atoms with E-state index in [9.17, 15) is 22.8 Å². The molecule has 234 valence electrons. The van der Waals surface area contributed by atoms with Crippen molar-refractivity contribution in [1.82, 2.24) is 25.2 Å². The van der Waals surface area contributed by atoms with E-state index in [4.69, 9.17) is 17.3 Å². The first-order valence-corrected chi connectivity index (χ1v) is 16.7. The minimum absolute atomic E-state index is 0.000595. The number of hydrogen-bond acceptors (Lipinski definition) is 7. The summed E-state index contributed by atoms with van der Waals surface area (Å²) >= 11 is 6.14. The van der Waals surface area contributed by atoms with E-state index in [1.807, 2.05) is 0 Å². The van der Waals surface area contributed by atoms with E-state index in [2.05, 4.69) is 15.4 Å². The van der Waals surface area contributed by atoms with Crippen LogP contribution in [0.4, 0.5) is 0 Å². The standard InChI is InChI=1S/C30H41ClN6O5S/c1-36(25-11-13-33-14-12-25)28(38)17-26(35-43(41,42)20-21-6-3-2-4-7-21)30(40)37-15-5-8-27(37)29(39)34-19-23-16-24(31)10-9-22(23)18-32/h2-4,6-7,9-10,16,25-27,33,35H,5,8,11-15,17-20,32H2,1H3,(H,34,39)/t26-,27+/m1/s1. The van der Waals surface area contributed by atoms with Crippen molar-refractivity contribution in [3.8, 4) is 0 Å². The second kappa shape index (κ2) is 15.1. The molecule has 2 aliphatic heterocycles. The zero-order valence-electron chi connectivity index (χ0n) is 24.4. The number of halogens is 1. The molecule has 0 unspecified atom stereocenters. The van der Waals surface area contributed by atoms with Crippen LogP contribution in [0.2, 0.25) is 5.02 Å². The summed E-state index contributed by atoms with van der Waals surface area (Å²) in [6, 6.07) is 11.7. The molecule has 2 fully saturated rings. The van der Waals surface area contributed by atoms with Gasteiger partial charge in [-0.2, -0.15) is 0 Å². The zero-order chi connectivity index (χ0) is 31.0. The number of piperidine rings is 1. The Balaban J connectivity index is 1.50. The molecular formula is C30H41ClN6O5S. The number of nitrogens with one attached hydrogen (secondary N) is 3. The van der Waals surface area contributed by atoms with E-state index in [0.717, 1.165) is 37.1 Å². The molecule has 2 atom stereocenters. The Hall–Kier alpha value is -3.03. The summed E-state index contributed by atoms with van der Waals surface area (Å²) in [4.78, 5) is 43.6. The van der Waals surface area contributed by atoms with Gasteiger partial charge in [0.05, 0.1) is 12.2 Å². The summed E-state index contributed by atoms with van der Waals surface area (Å²) < 4.78 is 29.0. The molecule has 0 spiro atoms. The Bertz CT molecular complexity index is 1390. The van der Waals surface area contributed by atoms with Gasteiger partial charge in [0.2, 0.25) is 27.7 Å². The van der Waals surface area contributed by atoms with Gasteiger partial charge in [0, 0.05) is 37.7 Å².